The second-order valence-corrected chi connectivity index (χ2v) is 8.92. The predicted molar refractivity (Wildman–Crippen MR) is 143 cm³/mol. The Hall–Kier alpha value is -4.24. The molecule has 1 aliphatic rings. The maximum absolute atomic E-state index is 12.8. The number of nitrogens with one attached hydrogen (secondary N) is 1. The van der Waals surface area contributed by atoms with Crippen LogP contribution >= 0.6 is 11.8 Å². The Morgan fingerprint density at radius 1 is 0.946 bits per heavy atom. The minimum atomic E-state index is -0.356. The fourth-order valence-corrected chi connectivity index (χ4v) is 4.47. The number of thioether (sulfide) groups is 1. The highest BCUT2D eigenvalue weighted by Gasteiger charge is 2.35. The summed E-state index contributed by atoms with van der Waals surface area (Å²) in [4.78, 5) is 39.3. The van der Waals surface area contributed by atoms with Crippen molar-refractivity contribution in [3.8, 4) is 17.2 Å². The van der Waals surface area contributed by atoms with Gasteiger partial charge in [-0.3, -0.25) is 19.3 Å². The number of methoxy groups -OCH3 is 1. The van der Waals surface area contributed by atoms with E-state index in [0.717, 1.165) is 17.3 Å². The average Bonchev–Trinajstić information content (AvgIpc) is 3.17. The van der Waals surface area contributed by atoms with Gasteiger partial charge in [0.1, 0.15) is 5.75 Å². The fourth-order valence-electron chi connectivity index (χ4n) is 3.63. The smallest absolute Gasteiger partial charge is 0.293 e. The molecule has 0 saturated carbocycles. The number of benzene rings is 3. The Bertz CT molecular complexity index is 1330. The molecule has 9 heteroatoms. The Kier molecular flexibility index (Phi) is 8.48. The number of hydrogen-bond acceptors (Lipinski definition) is 7. The molecule has 4 rings (SSSR count). The van der Waals surface area contributed by atoms with Crippen LogP contribution in [-0.4, -0.2) is 42.3 Å². The van der Waals surface area contributed by atoms with Gasteiger partial charge >= 0.3 is 0 Å². The van der Waals surface area contributed by atoms with Crippen molar-refractivity contribution in [2.75, 3.05) is 25.6 Å². The predicted octanol–water partition coefficient (Wildman–Crippen LogP) is 5.35. The molecule has 0 unspecified atom stereocenters. The van der Waals surface area contributed by atoms with Gasteiger partial charge in [0.2, 0.25) is 0 Å². The third-order valence-electron chi connectivity index (χ3n) is 5.36. The number of amides is 3. The van der Waals surface area contributed by atoms with Crippen molar-refractivity contribution in [2.45, 2.75) is 13.5 Å². The van der Waals surface area contributed by atoms with Crippen LogP contribution in [0.5, 0.6) is 17.2 Å². The standard InChI is InChI=1S/C28H26N2O6S/c1-3-35-22-12-8-7-11-21(22)29-26(31)18-36-23-14-13-20(15-24(23)34-2)16-25-27(32)30(28(33)37-25)17-19-9-5-4-6-10-19/h4-16H,3,17-18H2,1-2H3,(H,29,31)/b25-16-. The number of hydrogen-bond donors (Lipinski definition) is 1. The van der Waals surface area contributed by atoms with Gasteiger partial charge in [0, 0.05) is 0 Å². The highest BCUT2D eigenvalue weighted by Crippen LogP contribution is 2.35. The molecule has 3 aromatic rings. The largest absolute Gasteiger partial charge is 0.493 e. The lowest BCUT2D eigenvalue weighted by Crippen LogP contribution is -2.27. The first-order chi connectivity index (χ1) is 18.0. The molecule has 8 nitrogen and oxygen atoms in total. The zero-order valence-electron chi connectivity index (χ0n) is 20.4. The van der Waals surface area contributed by atoms with Crippen LogP contribution in [0.4, 0.5) is 10.5 Å². The Balaban J connectivity index is 1.41. The van der Waals surface area contributed by atoms with Crippen molar-refractivity contribution in [2.24, 2.45) is 0 Å². The van der Waals surface area contributed by atoms with E-state index >= 15 is 0 Å². The molecule has 0 spiro atoms. The summed E-state index contributed by atoms with van der Waals surface area (Å²) in [6, 6.07) is 21.6. The molecule has 3 amide bonds. The van der Waals surface area contributed by atoms with E-state index in [9.17, 15) is 14.4 Å². The molecule has 0 atom stereocenters. The second kappa shape index (κ2) is 12.1. The van der Waals surface area contributed by atoms with Gasteiger partial charge in [0.05, 0.1) is 30.9 Å². The van der Waals surface area contributed by atoms with E-state index in [4.69, 9.17) is 14.2 Å². The van der Waals surface area contributed by atoms with E-state index in [2.05, 4.69) is 5.32 Å². The van der Waals surface area contributed by atoms with Crippen molar-refractivity contribution in [3.05, 3.63) is 88.8 Å². The molecule has 0 radical (unpaired) electrons. The quantitative estimate of drug-likeness (QED) is 0.362. The average molecular weight is 519 g/mol. The maximum atomic E-state index is 12.8. The summed E-state index contributed by atoms with van der Waals surface area (Å²) in [6.07, 6.45) is 1.64. The summed E-state index contributed by atoms with van der Waals surface area (Å²) in [5, 5.41) is 2.46. The summed E-state index contributed by atoms with van der Waals surface area (Å²) in [6.45, 7) is 2.32. The van der Waals surface area contributed by atoms with Crippen LogP contribution in [0, 0.1) is 0 Å². The van der Waals surface area contributed by atoms with Crippen LogP contribution in [0.25, 0.3) is 6.08 Å². The highest BCUT2D eigenvalue weighted by atomic mass is 32.2. The Morgan fingerprint density at radius 3 is 2.46 bits per heavy atom. The normalized spacial score (nSPS) is 14.1. The summed E-state index contributed by atoms with van der Waals surface area (Å²) in [5.41, 5.74) is 2.09. The van der Waals surface area contributed by atoms with Gasteiger partial charge in [-0.2, -0.15) is 0 Å². The van der Waals surface area contributed by atoms with Crippen molar-refractivity contribution in [1.29, 1.82) is 0 Å². The van der Waals surface area contributed by atoms with E-state index in [-0.39, 0.29) is 30.2 Å². The van der Waals surface area contributed by atoms with E-state index in [1.54, 1.807) is 42.5 Å². The number of imide groups is 1. The molecule has 1 aliphatic heterocycles. The van der Waals surface area contributed by atoms with Gasteiger partial charge in [0.25, 0.3) is 17.1 Å². The molecule has 1 N–H and O–H groups in total. The fraction of sp³-hybridized carbons (Fsp3) is 0.179. The van der Waals surface area contributed by atoms with E-state index in [1.807, 2.05) is 43.3 Å². The van der Waals surface area contributed by atoms with Crippen LogP contribution in [0.3, 0.4) is 0 Å². The Labute approximate surface area is 219 Å². The van der Waals surface area contributed by atoms with Gasteiger partial charge in [-0.05, 0) is 60.2 Å². The molecule has 0 bridgehead atoms. The number of nitrogens with zero attached hydrogens (tertiary/aromatic N) is 1. The monoisotopic (exact) mass is 518 g/mol. The van der Waals surface area contributed by atoms with Gasteiger partial charge in [0.15, 0.2) is 18.1 Å². The molecule has 37 heavy (non-hydrogen) atoms. The summed E-state index contributed by atoms with van der Waals surface area (Å²) in [5.74, 6) is 0.630. The van der Waals surface area contributed by atoms with E-state index in [1.165, 1.54) is 12.0 Å². The van der Waals surface area contributed by atoms with Gasteiger partial charge in [-0.15, -0.1) is 0 Å². The first kappa shape index (κ1) is 25.8. The SMILES string of the molecule is CCOc1ccccc1NC(=O)COc1ccc(/C=C2\SC(=O)N(Cc3ccccc3)C2=O)cc1OC. The van der Waals surface area contributed by atoms with Crippen molar-refractivity contribution < 1.29 is 28.6 Å². The number of carbonyl (C=O) groups is 3. The summed E-state index contributed by atoms with van der Waals surface area (Å²) < 4.78 is 16.6. The zero-order valence-corrected chi connectivity index (χ0v) is 21.2. The molecule has 1 heterocycles. The lowest BCUT2D eigenvalue weighted by atomic mass is 10.1. The molecular formula is C28H26N2O6S. The van der Waals surface area contributed by atoms with E-state index < -0.39 is 0 Å². The number of ether oxygens (including phenoxy) is 3. The number of anilines is 1. The third-order valence-corrected chi connectivity index (χ3v) is 6.27. The topological polar surface area (TPSA) is 94.2 Å². The lowest BCUT2D eigenvalue weighted by Gasteiger charge is -2.13. The molecule has 1 saturated heterocycles. The molecule has 0 aliphatic carbocycles. The minimum Gasteiger partial charge on any atom is -0.493 e. The number of para-hydroxylation sites is 2. The first-order valence-corrected chi connectivity index (χ1v) is 12.4. The van der Waals surface area contributed by atoms with Crippen LogP contribution in [0.15, 0.2) is 77.7 Å². The molecule has 190 valence electrons. The van der Waals surface area contributed by atoms with Gasteiger partial charge in [-0.1, -0.05) is 48.5 Å². The first-order valence-electron chi connectivity index (χ1n) is 11.6. The molecule has 1 fully saturated rings. The van der Waals surface area contributed by atoms with Crippen LogP contribution < -0.4 is 19.5 Å². The summed E-state index contributed by atoms with van der Waals surface area (Å²) in [7, 11) is 1.48. The maximum Gasteiger partial charge on any atom is 0.293 e. The van der Waals surface area contributed by atoms with Crippen LogP contribution in [-0.2, 0) is 16.1 Å². The van der Waals surface area contributed by atoms with Gasteiger partial charge in [-0.25, -0.2) is 0 Å². The lowest BCUT2D eigenvalue weighted by molar-refractivity contribution is -0.123. The number of carbonyl (C=O) groups excluding carboxylic acids is 3. The second-order valence-electron chi connectivity index (χ2n) is 7.93. The van der Waals surface area contributed by atoms with Gasteiger partial charge < -0.3 is 19.5 Å². The van der Waals surface area contributed by atoms with Crippen molar-refractivity contribution >= 4 is 40.6 Å². The van der Waals surface area contributed by atoms with E-state index in [0.29, 0.717) is 40.0 Å². The number of rotatable bonds is 10. The Morgan fingerprint density at radius 2 is 1.70 bits per heavy atom. The van der Waals surface area contributed by atoms with Crippen LogP contribution in [0.1, 0.15) is 18.1 Å². The molecule has 3 aromatic carbocycles. The zero-order chi connectivity index (χ0) is 26.2. The van der Waals surface area contributed by atoms with Crippen molar-refractivity contribution in [1.82, 2.24) is 4.90 Å². The van der Waals surface area contributed by atoms with Crippen LogP contribution in [0.2, 0.25) is 0 Å². The minimum absolute atomic E-state index is 0.218. The third kappa shape index (κ3) is 6.50. The molecular weight excluding hydrogens is 492 g/mol. The summed E-state index contributed by atoms with van der Waals surface area (Å²) >= 11 is 0.896. The highest BCUT2D eigenvalue weighted by molar-refractivity contribution is 8.18. The molecule has 0 aromatic heterocycles. The van der Waals surface area contributed by atoms with Crippen molar-refractivity contribution in [3.63, 3.8) is 0 Å².